The topological polar surface area (TPSA) is 69.6 Å². The van der Waals surface area contributed by atoms with Gasteiger partial charge >= 0.3 is 0 Å². The highest BCUT2D eigenvalue weighted by Gasteiger charge is 2.18. The Hall–Kier alpha value is -2.05. The molecule has 0 amide bonds. The fourth-order valence-corrected chi connectivity index (χ4v) is 2.91. The van der Waals surface area contributed by atoms with Crippen molar-refractivity contribution < 1.29 is 8.78 Å². The standard InChI is InChI=1S/C14H17F2N5/c15-11-7-10(13(17)8-12(11)16)14-18-19-20-21(14)6-5-9-3-1-2-4-9/h7-9H,1-6,17H2. The summed E-state index contributed by atoms with van der Waals surface area (Å²) in [5.74, 6) is -0.848. The van der Waals surface area contributed by atoms with Crippen LogP contribution in [0.15, 0.2) is 12.1 Å². The minimum Gasteiger partial charge on any atom is -0.398 e. The number of rotatable bonds is 4. The molecule has 0 saturated heterocycles. The van der Waals surface area contributed by atoms with E-state index in [1.807, 2.05) is 0 Å². The number of hydrogen-bond donors (Lipinski definition) is 1. The van der Waals surface area contributed by atoms with Crippen molar-refractivity contribution in [2.45, 2.75) is 38.6 Å². The van der Waals surface area contributed by atoms with Gasteiger partial charge in [0.15, 0.2) is 17.5 Å². The number of halogens is 2. The highest BCUT2D eigenvalue weighted by atomic mass is 19.2. The molecular formula is C14H17F2N5. The molecule has 1 aliphatic rings. The number of nitrogens with zero attached hydrogens (tertiary/aromatic N) is 4. The fourth-order valence-electron chi connectivity index (χ4n) is 2.91. The first-order chi connectivity index (χ1) is 10.1. The van der Waals surface area contributed by atoms with Crippen LogP contribution in [-0.4, -0.2) is 20.2 Å². The molecule has 0 bridgehead atoms. The minimum absolute atomic E-state index is 0.130. The second kappa shape index (κ2) is 5.75. The Morgan fingerprint density at radius 1 is 1.19 bits per heavy atom. The number of nitrogens with two attached hydrogens (primary N) is 1. The first-order valence-electron chi connectivity index (χ1n) is 7.16. The molecule has 2 N–H and O–H groups in total. The quantitative estimate of drug-likeness (QED) is 0.880. The lowest BCUT2D eigenvalue weighted by atomic mass is 10.0. The predicted molar refractivity (Wildman–Crippen MR) is 74.2 cm³/mol. The number of tetrazole rings is 1. The van der Waals surface area contributed by atoms with Crippen LogP contribution >= 0.6 is 0 Å². The van der Waals surface area contributed by atoms with Crippen molar-refractivity contribution in [2.24, 2.45) is 5.92 Å². The lowest BCUT2D eigenvalue weighted by Gasteiger charge is -2.10. The first-order valence-corrected chi connectivity index (χ1v) is 7.16. The lowest BCUT2D eigenvalue weighted by molar-refractivity contribution is 0.436. The van der Waals surface area contributed by atoms with Gasteiger partial charge in [0.2, 0.25) is 0 Å². The van der Waals surface area contributed by atoms with Gasteiger partial charge in [-0.15, -0.1) is 5.10 Å². The average Bonchev–Trinajstić information content (AvgIpc) is 3.11. The van der Waals surface area contributed by atoms with Gasteiger partial charge in [-0.05, 0) is 28.8 Å². The summed E-state index contributed by atoms with van der Waals surface area (Å²) in [6.45, 7) is 0.658. The molecule has 0 unspecified atom stereocenters. The van der Waals surface area contributed by atoms with Crippen molar-refractivity contribution in [3.63, 3.8) is 0 Å². The molecule has 21 heavy (non-hydrogen) atoms. The van der Waals surface area contributed by atoms with Gasteiger partial charge in [0.25, 0.3) is 0 Å². The molecule has 1 aromatic carbocycles. The Morgan fingerprint density at radius 2 is 1.90 bits per heavy atom. The Balaban J connectivity index is 1.83. The van der Waals surface area contributed by atoms with Crippen LogP contribution in [0.2, 0.25) is 0 Å². The molecule has 2 aromatic rings. The molecule has 5 nitrogen and oxygen atoms in total. The van der Waals surface area contributed by atoms with Crippen LogP contribution in [0.3, 0.4) is 0 Å². The van der Waals surface area contributed by atoms with Gasteiger partial charge in [0.1, 0.15) is 0 Å². The highest BCUT2D eigenvalue weighted by molar-refractivity contribution is 5.71. The van der Waals surface area contributed by atoms with Gasteiger partial charge < -0.3 is 5.73 Å². The second-order valence-corrected chi connectivity index (χ2v) is 5.52. The number of hydrogen-bond acceptors (Lipinski definition) is 4. The van der Waals surface area contributed by atoms with Crippen LogP contribution < -0.4 is 5.73 Å². The summed E-state index contributed by atoms with van der Waals surface area (Å²) in [6.07, 6.45) is 6.03. The molecule has 3 rings (SSSR count). The third-order valence-corrected chi connectivity index (χ3v) is 4.09. The van der Waals surface area contributed by atoms with Crippen molar-refractivity contribution in [3.8, 4) is 11.4 Å². The number of nitrogen functional groups attached to an aromatic ring is 1. The number of aromatic nitrogens is 4. The summed E-state index contributed by atoms with van der Waals surface area (Å²) in [7, 11) is 0. The summed E-state index contributed by atoms with van der Waals surface area (Å²) >= 11 is 0. The minimum atomic E-state index is -0.971. The van der Waals surface area contributed by atoms with Gasteiger partial charge in [-0.2, -0.15) is 0 Å². The van der Waals surface area contributed by atoms with Crippen molar-refractivity contribution >= 4 is 5.69 Å². The summed E-state index contributed by atoms with van der Waals surface area (Å²) < 4.78 is 28.2. The second-order valence-electron chi connectivity index (χ2n) is 5.52. The van der Waals surface area contributed by atoms with Crippen molar-refractivity contribution in [1.82, 2.24) is 20.2 Å². The van der Waals surface area contributed by atoms with Crippen LogP contribution in [0.5, 0.6) is 0 Å². The average molecular weight is 293 g/mol. The van der Waals surface area contributed by atoms with Crippen molar-refractivity contribution in [2.75, 3.05) is 5.73 Å². The van der Waals surface area contributed by atoms with Crippen LogP contribution in [0, 0.1) is 17.6 Å². The maximum atomic E-state index is 13.4. The molecule has 0 spiro atoms. The van der Waals surface area contributed by atoms with Gasteiger partial charge in [-0.25, -0.2) is 13.5 Å². The maximum absolute atomic E-state index is 13.4. The fraction of sp³-hybridized carbons (Fsp3) is 0.500. The molecule has 7 heteroatoms. The maximum Gasteiger partial charge on any atom is 0.184 e. The van der Waals surface area contributed by atoms with E-state index in [1.54, 1.807) is 4.68 Å². The largest absolute Gasteiger partial charge is 0.398 e. The number of benzene rings is 1. The Kier molecular flexibility index (Phi) is 3.81. The van der Waals surface area contributed by atoms with E-state index in [9.17, 15) is 8.78 Å². The van der Waals surface area contributed by atoms with E-state index >= 15 is 0 Å². The van der Waals surface area contributed by atoms with Gasteiger partial charge in [-0.1, -0.05) is 25.7 Å². The molecule has 1 heterocycles. The molecular weight excluding hydrogens is 276 g/mol. The SMILES string of the molecule is Nc1cc(F)c(F)cc1-c1nnnn1CCC1CCCC1. The zero-order valence-electron chi connectivity index (χ0n) is 11.6. The predicted octanol–water partition coefficient (Wildman–Crippen LogP) is 2.78. The van der Waals surface area contributed by atoms with Crippen molar-refractivity contribution in [3.05, 3.63) is 23.8 Å². The first kappa shape index (κ1) is 13.9. The van der Waals surface area contributed by atoms with Crippen LogP contribution in [0.25, 0.3) is 11.4 Å². The Morgan fingerprint density at radius 3 is 2.67 bits per heavy atom. The van der Waals surface area contributed by atoms with Crippen LogP contribution in [0.1, 0.15) is 32.1 Å². The van der Waals surface area contributed by atoms with E-state index in [1.165, 1.54) is 25.7 Å². The Labute approximate surface area is 121 Å². The van der Waals surface area contributed by atoms with Gasteiger partial charge in [0.05, 0.1) is 0 Å². The molecule has 0 radical (unpaired) electrons. The van der Waals surface area contributed by atoms with Crippen molar-refractivity contribution in [1.29, 1.82) is 0 Å². The summed E-state index contributed by atoms with van der Waals surface area (Å²) in [6, 6.07) is 2.00. The van der Waals surface area contributed by atoms with E-state index < -0.39 is 11.6 Å². The third kappa shape index (κ3) is 2.86. The van der Waals surface area contributed by atoms with Gasteiger partial charge in [-0.3, -0.25) is 0 Å². The van der Waals surface area contributed by atoms with E-state index in [4.69, 9.17) is 5.73 Å². The number of anilines is 1. The summed E-state index contributed by atoms with van der Waals surface area (Å²) in [4.78, 5) is 0. The lowest BCUT2D eigenvalue weighted by Crippen LogP contribution is -2.08. The normalized spacial score (nSPS) is 15.7. The molecule has 0 atom stereocenters. The van der Waals surface area contributed by atoms with Crippen LogP contribution in [0.4, 0.5) is 14.5 Å². The monoisotopic (exact) mass is 293 g/mol. The number of aryl methyl sites for hydroxylation is 1. The smallest absolute Gasteiger partial charge is 0.184 e. The zero-order valence-corrected chi connectivity index (χ0v) is 11.6. The molecule has 1 aromatic heterocycles. The Bertz CT molecular complexity index is 634. The van der Waals surface area contributed by atoms with E-state index in [0.29, 0.717) is 23.9 Å². The van der Waals surface area contributed by atoms with Crippen LogP contribution in [-0.2, 0) is 6.54 Å². The molecule has 112 valence electrons. The van der Waals surface area contributed by atoms with E-state index in [0.717, 1.165) is 18.6 Å². The summed E-state index contributed by atoms with van der Waals surface area (Å²) in [5.41, 5.74) is 6.21. The molecule has 1 fully saturated rings. The highest BCUT2D eigenvalue weighted by Crippen LogP contribution is 2.29. The summed E-state index contributed by atoms with van der Waals surface area (Å²) in [5, 5.41) is 11.5. The zero-order chi connectivity index (χ0) is 14.8. The van der Waals surface area contributed by atoms with Gasteiger partial charge in [0, 0.05) is 23.9 Å². The molecule has 1 aliphatic carbocycles. The third-order valence-electron chi connectivity index (χ3n) is 4.09. The molecule has 1 saturated carbocycles. The molecule has 0 aliphatic heterocycles. The van der Waals surface area contributed by atoms with E-state index in [-0.39, 0.29) is 5.69 Å². The van der Waals surface area contributed by atoms with E-state index in [2.05, 4.69) is 15.5 Å².